The third-order valence-electron chi connectivity index (χ3n) is 5.70. The number of benzene rings is 2. The largest absolute Gasteiger partial charge is 0.457 e. The predicted octanol–water partition coefficient (Wildman–Crippen LogP) is 5.38. The highest BCUT2D eigenvalue weighted by molar-refractivity contribution is 6.00. The van der Waals surface area contributed by atoms with Gasteiger partial charge in [-0.2, -0.15) is 10.4 Å². The van der Waals surface area contributed by atoms with E-state index in [0.29, 0.717) is 34.6 Å². The molecule has 1 amide bonds. The number of carbonyl (C=O) groups excluding carboxylic acids is 1. The molecule has 36 heavy (non-hydrogen) atoms. The standard InChI is InChI=1S/C28H22N6O2/c1-19-25(28(35)31-16-20-6-5-13-30-15-20)18-34-27(19)26(21(14-29)17-32-34)33-22-9-11-24(12-10-22)36-23-7-3-2-4-8-23/h2-13,15,17-18,33H,16H2,1H3,(H,31,35). The number of hydrogen-bond acceptors (Lipinski definition) is 6. The zero-order valence-electron chi connectivity index (χ0n) is 19.5. The first kappa shape index (κ1) is 22.6. The second kappa shape index (κ2) is 9.99. The van der Waals surface area contributed by atoms with Gasteiger partial charge in [-0.3, -0.25) is 9.78 Å². The van der Waals surface area contributed by atoms with Crippen LogP contribution in [0.3, 0.4) is 0 Å². The molecule has 5 rings (SSSR count). The Morgan fingerprint density at radius 3 is 2.53 bits per heavy atom. The molecule has 0 saturated heterocycles. The number of fused-ring (bicyclic) bond motifs is 1. The molecule has 0 saturated carbocycles. The van der Waals surface area contributed by atoms with Crippen molar-refractivity contribution in [2.24, 2.45) is 0 Å². The molecule has 3 aromatic heterocycles. The van der Waals surface area contributed by atoms with Crippen LogP contribution in [0.5, 0.6) is 11.5 Å². The Balaban J connectivity index is 1.41. The van der Waals surface area contributed by atoms with Crippen molar-refractivity contribution >= 4 is 22.8 Å². The average molecular weight is 475 g/mol. The van der Waals surface area contributed by atoms with Gasteiger partial charge in [0, 0.05) is 30.8 Å². The maximum atomic E-state index is 12.9. The third-order valence-corrected chi connectivity index (χ3v) is 5.70. The minimum Gasteiger partial charge on any atom is -0.457 e. The van der Waals surface area contributed by atoms with Gasteiger partial charge in [0.2, 0.25) is 0 Å². The number of nitrogens with zero attached hydrogens (tertiary/aromatic N) is 4. The van der Waals surface area contributed by atoms with E-state index < -0.39 is 0 Å². The topological polar surface area (TPSA) is 104 Å². The Hall–Kier alpha value is -5.16. The van der Waals surface area contributed by atoms with Crippen molar-refractivity contribution in [1.82, 2.24) is 19.9 Å². The fourth-order valence-electron chi connectivity index (χ4n) is 3.88. The van der Waals surface area contributed by atoms with Crippen molar-refractivity contribution in [3.8, 4) is 17.6 Å². The number of para-hydroxylation sites is 1. The van der Waals surface area contributed by atoms with Crippen LogP contribution < -0.4 is 15.4 Å². The fourth-order valence-corrected chi connectivity index (χ4v) is 3.88. The highest BCUT2D eigenvalue weighted by Crippen LogP contribution is 2.31. The van der Waals surface area contributed by atoms with Gasteiger partial charge in [0.25, 0.3) is 5.91 Å². The van der Waals surface area contributed by atoms with E-state index in [1.807, 2.05) is 73.7 Å². The van der Waals surface area contributed by atoms with Crippen molar-refractivity contribution < 1.29 is 9.53 Å². The van der Waals surface area contributed by atoms with Gasteiger partial charge in [-0.25, -0.2) is 4.52 Å². The maximum absolute atomic E-state index is 12.9. The normalized spacial score (nSPS) is 10.6. The van der Waals surface area contributed by atoms with Crippen LogP contribution in [0.25, 0.3) is 5.52 Å². The number of nitriles is 1. The Morgan fingerprint density at radius 1 is 1.03 bits per heavy atom. The molecule has 2 N–H and O–H groups in total. The lowest BCUT2D eigenvalue weighted by atomic mass is 10.1. The molecule has 8 nitrogen and oxygen atoms in total. The summed E-state index contributed by atoms with van der Waals surface area (Å²) in [6, 6.07) is 22.9. The summed E-state index contributed by atoms with van der Waals surface area (Å²) in [5.74, 6) is 1.21. The van der Waals surface area contributed by atoms with Gasteiger partial charge in [0.1, 0.15) is 17.6 Å². The van der Waals surface area contributed by atoms with Crippen LogP contribution in [-0.4, -0.2) is 20.5 Å². The lowest BCUT2D eigenvalue weighted by molar-refractivity contribution is 0.0950. The summed E-state index contributed by atoms with van der Waals surface area (Å²) < 4.78 is 7.48. The van der Waals surface area contributed by atoms with Crippen LogP contribution in [0.4, 0.5) is 11.4 Å². The van der Waals surface area contributed by atoms with Crippen molar-refractivity contribution in [3.63, 3.8) is 0 Å². The fraction of sp³-hybridized carbons (Fsp3) is 0.0714. The zero-order chi connectivity index (χ0) is 24.9. The number of amides is 1. The van der Waals surface area contributed by atoms with Gasteiger partial charge < -0.3 is 15.4 Å². The minimum atomic E-state index is -0.228. The number of carbonyl (C=O) groups is 1. The van der Waals surface area contributed by atoms with E-state index in [1.54, 1.807) is 23.1 Å². The van der Waals surface area contributed by atoms with Crippen molar-refractivity contribution in [2.75, 3.05) is 5.32 Å². The van der Waals surface area contributed by atoms with Crippen molar-refractivity contribution in [2.45, 2.75) is 13.5 Å². The van der Waals surface area contributed by atoms with Gasteiger partial charge in [0.05, 0.1) is 28.5 Å². The van der Waals surface area contributed by atoms with E-state index in [0.717, 1.165) is 22.6 Å². The Bertz CT molecular complexity index is 1560. The molecule has 0 radical (unpaired) electrons. The van der Waals surface area contributed by atoms with Gasteiger partial charge in [0.15, 0.2) is 0 Å². The molecule has 0 fully saturated rings. The summed E-state index contributed by atoms with van der Waals surface area (Å²) in [6.07, 6.45) is 6.56. The summed E-state index contributed by atoms with van der Waals surface area (Å²) in [7, 11) is 0. The monoisotopic (exact) mass is 474 g/mol. The number of ether oxygens (including phenoxy) is 1. The number of aryl methyl sites for hydroxylation is 1. The number of anilines is 2. The molecule has 3 heterocycles. The summed E-state index contributed by atoms with van der Waals surface area (Å²) >= 11 is 0. The van der Waals surface area contributed by atoms with Crippen LogP contribution in [-0.2, 0) is 6.54 Å². The lowest BCUT2D eigenvalue weighted by Gasteiger charge is -2.12. The molecule has 5 aromatic rings. The van der Waals surface area contributed by atoms with Gasteiger partial charge >= 0.3 is 0 Å². The van der Waals surface area contributed by atoms with E-state index in [-0.39, 0.29) is 5.91 Å². The van der Waals surface area contributed by atoms with E-state index >= 15 is 0 Å². The number of nitrogens with one attached hydrogen (secondary N) is 2. The molecule has 2 aromatic carbocycles. The van der Waals surface area contributed by atoms with Gasteiger partial charge in [-0.1, -0.05) is 24.3 Å². The van der Waals surface area contributed by atoms with Crippen molar-refractivity contribution in [1.29, 1.82) is 5.26 Å². The molecular formula is C28H22N6O2. The van der Waals surface area contributed by atoms with Crippen LogP contribution in [0, 0.1) is 18.3 Å². The van der Waals surface area contributed by atoms with E-state index in [9.17, 15) is 10.1 Å². The first-order valence-corrected chi connectivity index (χ1v) is 11.3. The summed E-state index contributed by atoms with van der Waals surface area (Å²) in [5.41, 5.74) is 4.47. The zero-order valence-corrected chi connectivity index (χ0v) is 19.5. The Morgan fingerprint density at radius 2 is 1.81 bits per heavy atom. The second-order valence-electron chi connectivity index (χ2n) is 8.11. The quantitative estimate of drug-likeness (QED) is 0.328. The van der Waals surface area contributed by atoms with Gasteiger partial charge in [-0.05, 0) is 60.5 Å². The first-order valence-electron chi connectivity index (χ1n) is 11.3. The first-order chi connectivity index (χ1) is 17.6. The highest BCUT2D eigenvalue weighted by atomic mass is 16.5. The predicted molar refractivity (Wildman–Crippen MR) is 136 cm³/mol. The van der Waals surface area contributed by atoms with Crippen LogP contribution in [0.1, 0.15) is 27.0 Å². The summed E-state index contributed by atoms with van der Waals surface area (Å²) in [6.45, 7) is 2.21. The molecule has 0 atom stereocenters. The van der Waals surface area contributed by atoms with Gasteiger partial charge in [-0.15, -0.1) is 0 Å². The molecular weight excluding hydrogens is 452 g/mol. The van der Waals surface area contributed by atoms with Crippen LogP contribution >= 0.6 is 0 Å². The van der Waals surface area contributed by atoms with Crippen LogP contribution in [0.2, 0.25) is 0 Å². The second-order valence-corrected chi connectivity index (χ2v) is 8.11. The summed E-state index contributed by atoms with van der Waals surface area (Å²) in [4.78, 5) is 17.0. The average Bonchev–Trinajstić information content (AvgIpc) is 3.26. The molecule has 0 unspecified atom stereocenters. The van der Waals surface area contributed by atoms with Crippen molar-refractivity contribution in [3.05, 3.63) is 114 Å². The van der Waals surface area contributed by atoms with E-state index in [4.69, 9.17) is 4.74 Å². The highest BCUT2D eigenvalue weighted by Gasteiger charge is 2.19. The molecule has 0 aliphatic heterocycles. The number of pyridine rings is 1. The Kier molecular flexibility index (Phi) is 6.28. The van der Waals surface area contributed by atoms with Crippen LogP contribution in [0.15, 0.2) is 91.5 Å². The molecule has 0 aliphatic carbocycles. The lowest BCUT2D eigenvalue weighted by Crippen LogP contribution is -2.23. The number of aromatic nitrogens is 3. The SMILES string of the molecule is Cc1c(C(=O)NCc2cccnc2)cn2ncc(C#N)c(Nc3ccc(Oc4ccccc4)cc3)c12. The molecule has 176 valence electrons. The van der Waals surface area contributed by atoms with E-state index in [1.165, 1.54) is 6.20 Å². The smallest absolute Gasteiger partial charge is 0.253 e. The maximum Gasteiger partial charge on any atom is 0.253 e. The molecule has 0 spiro atoms. The third kappa shape index (κ3) is 4.72. The molecule has 0 aliphatic rings. The molecule has 0 bridgehead atoms. The summed E-state index contributed by atoms with van der Waals surface area (Å²) in [5, 5.41) is 20.3. The molecule has 8 heteroatoms. The van der Waals surface area contributed by atoms with E-state index in [2.05, 4.69) is 26.8 Å². The number of rotatable bonds is 7. The Labute approximate surface area is 207 Å². The number of hydrogen-bond donors (Lipinski definition) is 2. The minimum absolute atomic E-state index is 0.228.